The highest BCUT2D eigenvalue weighted by Gasteiger charge is 2.17. The second-order valence-corrected chi connectivity index (χ2v) is 8.59. The van der Waals surface area contributed by atoms with Crippen molar-refractivity contribution in [2.45, 2.75) is 6.54 Å². The molecule has 0 radical (unpaired) electrons. The molecule has 0 fully saturated rings. The number of ether oxygens (including phenoxy) is 1. The van der Waals surface area contributed by atoms with Gasteiger partial charge in [-0.25, -0.2) is 8.78 Å². The minimum atomic E-state index is -0.687. The van der Waals surface area contributed by atoms with Crippen LogP contribution in [0.4, 0.5) is 8.78 Å². The molecule has 178 valence electrons. The molecule has 3 aromatic rings. The quantitative estimate of drug-likeness (QED) is 0.292. The first-order valence-electron chi connectivity index (χ1n) is 11.1. The largest absolute Gasteiger partial charge is 0.491 e. The van der Waals surface area contributed by atoms with Gasteiger partial charge in [-0.1, -0.05) is 42.5 Å². The third-order valence-corrected chi connectivity index (χ3v) is 5.25. The first-order valence-corrected chi connectivity index (χ1v) is 11.1. The summed E-state index contributed by atoms with van der Waals surface area (Å²) < 4.78 is 34.7. The van der Waals surface area contributed by atoms with E-state index in [0.717, 1.165) is 17.7 Å². The van der Waals surface area contributed by atoms with Crippen LogP contribution in [-0.4, -0.2) is 56.9 Å². The predicted molar refractivity (Wildman–Crippen MR) is 133 cm³/mol. The third-order valence-electron chi connectivity index (χ3n) is 5.25. The van der Waals surface area contributed by atoms with Crippen molar-refractivity contribution < 1.29 is 18.3 Å². The van der Waals surface area contributed by atoms with E-state index in [-0.39, 0.29) is 22.5 Å². The lowest BCUT2D eigenvalue weighted by atomic mass is 9.98. The predicted octanol–water partition coefficient (Wildman–Crippen LogP) is 5.53. The van der Waals surface area contributed by atoms with Crippen molar-refractivity contribution in [2.24, 2.45) is 0 Å². The molecule has 34 heavy (non-hydrogen) atoms. The number of carbonyl (C=O) groups is 1. The summed E-state index contributed by atoms with van der Waals surface area (Å²) in [4.78, 5) is 17.3. The van der Waals surface area contributed by atoms with Gasteiger partial charge < -0.3 is 14.5 Å². The summed E-state index contributed by atoms with van der Waals surface area (Å²) in [6.07, 6.45) is 3.24. The fourth-order valence-electron chi connectivity index (χ4n) is 3.55. The Balaban J connectivity index is 1.98. The first-order chi connectivity index (χ1) is 16.3. The van der Waals surface area contributed by atoms with Crippen LogP contribution in [0.15, 0.2) is 66.7 Å². The molecule has 0 saturated carbocycles. The third kappa shape index (κ3) is 6.59. The van der Waals surface area contributed by atoms with Crippen molar-refractivity contribution in [3.05, 3.63) is 95.1 Å². The van der Waals surface area contributed by atoms with Crippen molar-refractivity contribution in [3.63, 3.8) is 0 Å². The topological polar surface area (TPSA) is 32.8 Å². The van der Waals surface area contributed by atoms with Gasteiger partial charge in [0.2, 0.25) is 0 Å². The highest BCUT2D eigenvalue weighted by molar-refractivity contribution is 6.09. The summed E-state index contributed by atoms with van der Waals surface area (Å²) in [5, 5.41) is 0. The van der Waals surface area contributed by atoms with Crippen molar-refractivity contribution in [1.29, 1.82) is 0 Å². The number of ketones is 1. The van der Waals surface area contributed by atoms with Gasteiger partial charge in [0.05, 0.1) is 11.1 Å². The molecule has 6 heteroatoms. The maximum Gasteiger partial charge on any atom is 0.189 e. The van der Waals surface area contributed by atoms with E-state index < -0.39 is 11.6 Å². The lowest BCUT2D eigenvalue weighted by Gasteiger charge is -2.15. The van der Waals surface area contributed by atoms with Crippen LogP contribution in [0.2, 0.25) is 0 Å². The molecule has 0 bridgehead atoms. The van der Waals surface area contributed by atoms with E-state index in [1.54, 1.807) is 18.2 Å². The molecule has 0 atom stereocenters. The molecule has 0 aliphatic carbocycles. The molecule has 3 rings (SSSR count). The van der Waals surface area contributed by atoms with Crippen LogP contribution in [0.1, 0.15) is 21.5 Å². The van der Waals surface area contributed by atoms with Gasteiger partial charge in [0.15, 0.2) is 5.78 Å². The lowest BCUT2D eigenvalue weighted by Crippen LogP contribution is -2.20. The van der Waals surface area contributed by atoms with Gasteiger partial charge >= 0.3 is 0 Å². The van der Waals surface area contributed by atoms with E-state index in [1.807, 2.05) is 57.4 Å². The number of hydrogen-bond donors (Lipinski definition) is 0. The summed E-state index contributed by atoms with van der Waals surface area (Å²) in [6.45, 7) is 1.76. The van der Waals surface area contributed by atoms with Gasteiger partial charge in [-0.15, -0.1) is 0 Å². The number of carbonyl (C=O) groups excluding carboxylic acids is 1. The van der Waals surface area contributed by atoms with E-state index in [1.165, 1.54) is 30.3 Å². The number of hydrogen-bond acceptors (Lipinski definition) is 4. The zero-order chi connectivity index (χ0) is 24.7. The normalized spacial score (nSPS) is 11.5. The van der Waals surface area contributed by atoms with E-state index in [9.17, 15) is 13.6 Å². The van der Waals surface area contributed by atoms with E-state index in [0.29, 0.717) is 18.9 Å². The fourth-order valence-corrected chi connectivity index (χ4v) is 3.55. The monoisotopic (exact) mass is 464 g/mol. The van der Waals surface area contributed by atoms with Gasteiger partial charge in [0.1, 0.15) is 24.0 Å². The summed E-state index contributed by atoms with van der Waals surface area (Å²) >= 11 is 0. The van der Waals surface area contributed by atoms with Gasteiger partial charge in [-0.2, -0.15) is 0 Å². The van der Waals surface area contributed by atoms with Gasteiger partial charge in [0.25, 0.3) is 0 Å². The SMILES string of the molecule is CN(C)CCOc1ccc(-c2c(F)cccc2F)cc1C(=O)C=Cc1ccccc1CN(C)C. The van der Waals surface area contributed by atoms with Gasteiger partial charge in [0, 0.05) is 13.1 Å². The summed E-state index contributed by atoms with van der Waals surface area (Å²) in [5.74, 6) is -1.31. The summed E-state index contributed by atoms with van der Waals surface area (Å²) in [5.41, 5.74) is 2.37. The average molecular weight is 465 g/mol. The highest BCUT2D eigenvalue weighted by Crippen LogP contribution is 2.31. The van der Waals surface area contributed by atoms with Crippen LogP contribution in [0.3, 0.4) is 0 Å². The van der Waals surface area contributed by atoms with E-state index >= 15 is 0 Å². The maximum atomic E-state index is 14.4. The lowest BCUT2D eigenvalue weighted by molar-refractivity contribution is 0.104. The summed E-state index contributed by atoms with van der Waals surface area (Å²) in [6, 6.07) is 16.2. The van der Waals surface area contributed by atoms with Crippen molar-refractivity contribution >= 4 is 11.9 Å². The van der Waals surface area contributed by atoms with Crippen LogP contribution in [0.25, 0.3) is 17.2 Å². The molecular weight excluding hydrogens is 434 g/mol. The number of benzene rings is 3. The molecular formula is C28H30F2N2O2. The van der Waals surface area contributed by atoms with Crippen molar-refractivity contribution in [3.8, 4) is 16.9 Å². The maximum absolute atomic E-state index is 14.4. The molecule has 0 N–H and O–H groups in total. The number of allylic oxidation sites excluding steroid dienone is 1. The second-order valence-electron chi connectivity index (χ2n) is 8.59. The number of likely N-dealkylation sites (N-methyl/N-ethyl adjacent to an activating group) is 1. The van der Waals surface area contributed by atoms with Crippen LogP contribution >= 0.6 is 0 Å². The molecule has 3 aromatic carbocycles. The fraction of sp³-hybridized carbons (Fsp3) is 0.250. The zero-order valence-corrected chi connectivity index (χ0v) is 20.0. The second kappa shape index (κ2) is 11.7. The molecule has 4 nitrogen and oxygen atoms in total. The Hall–Kier alpha value is -3.35. The Morgan fingerprint density at radius 2 is 1.62 bits per heavy atom. The molecule has 0 aromatic heterocycles. The molecule has 0 spiro atoms. The number of rotatable bonds is 10. The van der Waals surface area contributed by atoms with Gasteiger partial charge in [-0.3, -0.25) is 4.79 Å². The molecule has 0 unspecified atom stereocenters. The Bertz CT molecular complexity index is 1150. The molecule has 0 aliphatic rings. The average Bonchev–Trinajstić information content (AvgIpc) is 2.78. The van der Waals surface area contributed by atoms with E-state index in [2.05, 4.69) is 4.90 Å². The van der Waals surface area contributed by atoms with Crippen LogP contribution in [-0.2, 0) is 6.54 Å². The highest BCUT2D eigenvalue weighted by atomic mass is 19.1. The molecule has 0 heterocycles. The van der Waals surface area contributed by atoms with Crippen LogP contribution < -0.4 is 4.74 Å². The first kappa shape index (κ1) is 25.3. The van der Waals surface area contributed by atoms with Crippen molar-refractivity contribution in [2.75, 3.05) is 41.3 Å². The molecule has 0 saturated heterocycles. The Kier molecular flexibility index (Phi) is 8.68. The Morgan fingerprint density at radius 3 is 2.29 bits per heavy atom. The minimum Gasteiger partial charge on any atom is -0.491 e. The minimum absolute atomic E-state index is 0.170. The standard InChI is InChI=1S/C28H30F2N2O2/c1-31(2)16-17-34-27-15-13-21(28-24(29)10-7-11-25(28)30)18-23(27)26(33)14-12-20-8-5-6-9-22(20)19-32(3)4/h5-15,18H,16-17,19H2,1-4H3. The number of nitrogens with zero attached hydrogens (tertiary/aromatic N) is 2. The molecule has 0 amide bonds. The van der Waals surface area contributed by atoms with Crippen molar-refractivity contribution in [1.82, 2.24) is 9.80 Å². The molecule has 0 aliphatic heterocycles. The summed E-state index contributed by atoms with van der Waals surface area (Å²) in [7, 11) is 7.81. The van der Waals surface area contributed by atoms with Crippen LogP contribution in [0, 0.1) is 11.6 Å². The zero-order valence-electron chi connectivity index (χ0n) is 20.0. The Morgan fingerprint density at radius 1 is 0.912 bits per heavy atom. The van der Waals surface area contributed by atoms with E-state index in [4.69, 9.17) is 4.74 Å². The van der Waals surface area contributed by atoms with Gasteiger partial charge in [-0.05, 0) is 75.2 Å². The smallest absolute Gasteiger partial charge is 0.189 e. The number of halogens is 2. The van der Waals surface area contributed by atoms with Crippen LogP contribution in [0.5, 0.6) is 5.75 Å². The Labute approximate surface area is 200 Å².